The van der Waals surface area contributed by atoms with Crippen molar-refractivity contribution in [3.63, 3.8) is 0 Å². The molecule has 94 valence electrons. The molecule has 0 aliphatic rings. The quantitative estimate of drug-likeness (QED) is 0.858. The molecular weight excluding hydrogens is 298 g/mol. The van der Waals surface area contributed by atoms with E-state index in [0.29, 0.717) is 0 Å². The first-order chi connectivity index (χ1) is 8.45. The Kier molecular flexibility index (Phi) is 3.80. The summed E-state index contributed by atoms with van der Waals surface area (Å²) in [6.45, 7) is 0. The summed E-state index contributed by atoms with van der Waals surface area (Å²) in [6, 6.07) is 6.61. The predicted molar refractivity (Wildman–Crippen MR) is 70.6 cm³/mol. The van der Waals surface area contributed by atoms with E-state index in [1.807, 2.05) is 0 Å². The van der Waals surface area contributed by atoms with Gasteiger partial charge in [-0.15, -0.1) is 10.2 Å². The number of hydrogen-bond acceptors (Lipinski definition) is 4. The van der Waals surface area contributed by atoms with E-state index < -0.39 is 3.79 Å². The molecule has 1 aromatic carbocycles. The van der Waals surface area contributed by atoms with E-state index in [1.165, 1.54) is 0 Å². The molecule has 1 aromatic heterocycles. The minimum atomic E-state index is -1.72. The highest BCUT2D eigenvalue weighted by atomic mass is 35.6. The molecule has 0 radical (unpaired) electrons. The second-order valence-electron chi connectivity index (χ2n) is 3.37. The maximum Gasteiger partial charge on any atom is 0.268 e. The Morgan fingerprint density at radius 3 is 2.28 bits per heavy atom. The van der Waals surface area contributed by atoms with Crippen molar-refractivity contribution >= 4 is 47.0 Å². The van der Waals surface area contributed by atoms with Gasteiger partial charge >= 0.3 is 0 Å². The summed E-state index contributed by atoms with van der Waals surface area (Å²) in [7, 11) is 0. The van der Waals surface area contributed by atoms with Crippen LogP contribution in [0.2, 0.25) is 0 Å². The van der Waals surface area contributed by atoms with Crippen LogP contribution in [0.25, 0.3) is 12.2 Å². The highest BCUT2D eigenvalue weighted by molar-refractivity contribution is 6.66. The number of benzene rings is 1. The predicted octanol–water partition coefficient (Wildman–Crippen LogP) is 3.77. The normalized spacial score (nSPS) is 12.2. The molecule has 2 rings (SSSR count). The summed E-state index contributed by atoms with van der Waals surface area (Å²) >= 11 is 16.8. The highest BCUT2D eigenvalue weighted by Crippen LogP contribution is 2.37. The Morgan fingerprint density at radius 2 is 1.72 bits per heavy atom. The molecule has 1 N–H and O–H groups in total. The molecule has 0 atom stereocenters. The van der Waals surface area contributed by atoms with Crippen LogP contribution in [0.3, 0.4) is 0 Å². The van der Waals surface area contributed by atoms with Crippen molar-refractivity contribution in [1.29, 1.82) is 0 Å². The fourth-order valence-corrected chi connectivity index (χ4v) is 1.40. The maximum atomic E-state index is 9.13. The zero-order chi connectivity index (χ0) is 13.2. The third kappa shape index (κ3) is 3.38. The smallest absolute Gasteiger partial charge is 0.268 e. The number of rotatable bonds is 2. The van der Waals surface area contributed by atoms with E-state index in [2.05, 4.69) is 10.2 Å². The molecular formula is C11H7Cl3N2O2. The van der Waals surface area contributed by atoms with Gasteiger partial charge in [-0.3, -0.25) is 0 Å². The van der Waals surface area contributed by atoms with Crippen LogP contribution in [0, 0.1) is 0 Å². The van der Waals surface area contributed by atoms with Crippen LogP contribution >= 0.6 is 34.8 Å². The fraction of sp³-hybridized carbons (Fsp3) is 0.0909. The van der Waals surface area contributed by atoms with Crippen LogP contribution in [0.4, 0.5) is 0 Å². The summed E-state index contributed by atoms with van der Waals surface area (Å²) in [4.78, 5) is 0. The van der Waals surface area contributed by atoms with Gasteiger partial charge in [0.1, 0.15) is 5.75 Å². The topological polar surface area (TPSA) is 59.2 Å². The number of phenolic OH excluding ortho intramolecular Hbond substituents is 1. The standard InChI is InChI=1S/C11H7Cl3N2O2/c12-11(13,14)10-16-15-9(18-10)6-3-7-1-4-8(17)5-2-7/h1-6,17H/b6-3-. The van der Waals surface area contributed by atoms with Gasteiger partial charge in [-0.25, -0.2) is 0 Å². The minimum absolute atomic E-state index is 0.0853. The Hall–Kier alpha value is -1.23. The number of halogens is 3. The molecule has 0 saturated carbocycles. The molecule has 0 unspecified atom stereocenters. The summed E-state index contributed by atoms with van der Waals surface area (Å²) < 4.78 is 3.41. The molecule has 1 heterocycles. The summed E-state index contributed by atoms with van der Waals surface area (Å²) in [5.41, 5.74) is 0.862. The van der Waals surface area contributed by atoms with Crippen molar-refractivity contribution in [2.24, 2.45) is 0 Å². The highest BCUT2D eigenvalue weighted by Gasteiger charge is 2.29. The van der Waals surface area contributed by atoms with Crippen molar-refractivity contribution in [2.45, 2.75) is 3.79 Å². The number of hydrogen-bond donors (Lipinski definition) is 1. The average Bonchev–Trinajstić information content (AvgIpc) is 2.77. The van der Waals surface area contributed by atoms with E-state index in [4.69, 9.17) is 44.3 Å². The largest absolute Gasteiger partial charge is 0.508 e. The van der Waals surface area contributed by atoms with Gasteiger partial charge in [-0.2, -0.15) is 0 Å². The van der Waals surface area contributed by atoms with Gasteiger partial charge in [0.2, 0.25) is 5.89 Å². The SMILES string of the molecule is Oc1ccc(/C=C\c2nnc(C(Cl)(Cl)Cl)o2)cc1. The van der Waals surface area contributed by atoms with Crippen molar-refractivity contribution < 1.29 is 9.52 Å². The lowest BCUT2D eigenvalue weighted by molar-refractivity contribution is 0.475. The van der Waals surface area contributed by atoms with E-state index in [1.54, 1.807) is 36.4 Å². The monoisotopic (exact) mass is 304 g/mol. The molecule has 0 saturated heterocycles. The number of nitrogens with zero attached hydrogens (tertiary/aromatic N) is 2. The summed E-state index contributed by atoms with van der Waals surface area (Å²) in [5, 5.41) is 16.4. The second-order valence-corrected chi connectivity index (χ2v) is 5.65. The van der Waals surface area contributed by atoms with Crippen molar-refractivity contribution in [2.75, 3.05) is 0 Å². The Bertz CT molecular complexity index is 558. The van der Waals surface area contributed by atoms with Crippen LogP contribution in [0.1, 0.15) is 17.3 Å². The molecule has 0 fully saturated rings. The molecule has 7 heteroatoms. The molecule has 18 heavy (non-hydrogen) atoms. The van der Waals surface area contributed by atoms with Gasteiger partial charge in [0.15, 0.2) is 0 Å². The van der Waals surface area contributed by atoms with Gasteiger partial charge in [0.25, 0.3) is 9.68 Å². The summed E-state index contributed by atoms with van der Waals surface area (Å²) in [6.07, 6.45) is 3.31. The lowest BCUT2D eigenvalue weighted by atomic mass is 10.2. The van der Waals surface area contributed by atoms with Crippen molar-refractivity contribution in [3.8, 4) is 5.75 Å². The number of alkyl halides is 3. The lowest BCUT2D eigenvalue weighted by Crippen LogP contribution is -1.99. The molecule has 2 aromatic rings. The van der Waals surface area contributed by atoms with Gasteiger partial charge in [0, 0.05) is 6.08 Å². The molecule has 0 bridgehead atoms. The van der Waals surface area contributed by atoms with E-state index >= 15 is 0 Å². The average molecular weight is 306 g/mol. The molecule has 0 aliphatic carbocycles. The van der Waals surface area contributed by atoms with E-state index in [0.717, 1.165) is 5.56 Å². The minimum Gasteiger partial charge on any atom is -0.508 e. The van der Waals surface area contributed by atoms with Crippen LogP contribution in [0.15, 0.2) is 28.7 Å². The fourth-order valence-electron chi connectivity index (χ4n) is 1.17. The van der Waals surface area contributed by atoms with Crippen LogP contribution in [-0.4, -0.2) is 15.3 Å². The van der Waals surface area contributed by atoms with Crippen molar-refractivity contribution in [3.05, 3.63) is 41.6 Å². The number of aromatic nitrogens is 2. The van der Waals surface area contributed by atoms with Gasteiger partial charge in [0.05, 0.1) is 0 Å². The Labute approximate surface area is 118 Å². The first-order valence-electron chi connectivity index (χ1n) is 4.83. The van der Waals surface area contributed by atoms with E-state index in [-0.39, 0.29) is 17.5 Å². The zero-order valence-corrected chi connectivity index (χ0v) is 11.1. The molecule has 0 spiro atoms. The van der Waals surface area contributed by atoms with Crippen molar-refractivity contribution in [1.82, 2.24) is 10.2 Å². The second kappa shape index (κ2) is 5.18. The van der Waals surface area contributed by atoms with Gasteiger partial charge < -0.3 is 9.52 Å². The van der Waals surface area contributed by atoms with Crippen LogP contribution < -0.4 is 0 Å². The zero-order valence-electron chi connectivity index (χ0n) is 8.85. The first-order valence-corrected chi connectivity index (χ1v) is 5.96. The maximum absolute atomic E-state index is 9.13. The molecule has 4 nitrogen and oxygen atoms in total. The van der Waals surface area contributed by atoms with Gasteiger partial charge in [-0.1, -0.05) is 46.9 Å². The van der Waals surface area contributed by atoms with E-state index in [9.17, 15) is 0 Å². The number of aromatic hydroxyl groups is 1. The molecule has 0 amide bonds. The Balaban J connectivity index is 2.14. The van der Waals surface area contributed by atoms with Gasteiger partial charge in [-0.05, 0) is 23.8 Å². The number of phenols is 1. The third-order valence-corrected chi connectivity index (χ3v) is 2.48. The first kappa shape index (κ1) is 13.2. The van der Waals surface area contributed by atoms with Crippen LogP contribution in [0.5, 0.6) is 5.75 Å². The third-order valence-electron chi connectivity index (χ3n) is 1.99. The molecule has 0 aliphatic heterocycles. The summed E-state index contributed by atoms with van der Waals surface area (Å²) in [5.74, 6) is 0.339. The Morgan fingerprint density at radius 1 is 1.06 bits per heavy atom. The lowest BCUT2D eigenvalue weighted by Gasteiger charge is -2.01. The van der Waals surface area contributed by atoms with Crippen LogP contribution in [-0.2, 0) is 3.79 Å².